The summed E-state index contributed by atoms with van der Waals surface area (Å²) in [4.78, 5) is 44.4. The van der Waals surface area contributed by atoms with Crippen molar-refractivity contribution in [3.63, 3.8) is 0 Å². The molecule has 2 aliphatic heterocycles. The van der Waals surface area contributed by atoms with Crippen molar-refractivity contribution in [1.82, 2.24) is 20.0 Å². The van der Waals surface area contributed by atoms with E-state index in [2.05, 4.69) is 34.5 Å². The van der Waals surface area contributed by atoms with E-state index >= 15 is 0 Å². The molecule has 0 radical (unpaired) electrons. The van der Waals surface area contributed by atoms with Crippen LogP contribution < -0.4 is 5.32 Å². The molecule has 2 unspecified atom stereocenters. The van der Waals surface area contributed by atoms with Crippen LogP contribution in [0.2, 0.25) is 0 Å². The van der Waals surface area contributed by atoms with E-state index in [0.29, 0.717) is 32.7 Å². The lowest BCUT2D eigenvalue weighted by Crippen LogP contribution is -2.69. The van der Waals surface area contributed by atoms with E-state index in [-0.39, 0.29) is 35.9 Å². The highest BCUT2D eigenvalue weighted by Crippen LogP contribution is 2.36. The lowest BCUT2D eigenvalue weighted by Gasteiger charge is -2.53. The van der Waals surface area contributed by atoms with Crippen LogP contribution in [0, 0.1) is 0 Å². The van der Waals surface area contributed by atoms with Gasteiger partial charge in [0.05, 0.1) is 6.10 Å². The molecule has 9 nitrogen and oxygen atoms in total. The van der Waals surface area contributed by atoms with Crippen molar-refractivity contribution in [2.45, 2.75) is 70.4 Å². The number of aliphatic hydroxyl groups excluding tert-OH is 1. The van der Waals surface area contributed by atoms with Gasteiger partial charge < -0.3 is 25.0 Å². The van der Waals surface area contributed by atoms with Crippen LogP contribution in [-0.4, -0.2) is 100 Å². The zero-order valence-electron chi connectivity index (χ0n) is 24.1. The van der Waals surface area contributed by atoms with Crippen LogP contribution in [0.4, 0.5) is 4.79 Å². The molecule has 0 aliphatic carbocycles. The average molecular weight is 551 g/mol. The van der Waals surface area contributed by atoms with Gasteiger partial charge in [-0.15, -0.1) is 0 Å². The zero-order chi connectivity index (χ0) is 29.0. The molecule has 4 rings (SSSR count). The highest BCUT2D eigenvalue weighted by Gasteiger charge is 2.45. The Hall–Kier alpha value is -3.43. The molecule has 2 aromatic carbocycles. The first-order valence-electron chi connectivity index (χ1n) is 14.0. The van der Waals surface area contributed by atoms with Crippen LogP contribution in [0.1, 0.15) is 51.7 Å². The topological polar surface area (TPSA) is 102 Å². The molecule has 2 fully saturated rings. The Morgan fingerprint density at radius 3 is 1.95 bits per heavy atom. The SMILES string of the molecule is CC(=O)NC(C(=O)N1CCN2[C@H](CN(C(=O)OC(C)(C)C)C[C@H]2C(c2ccccc2)c2ccccc2)C1)C(C)O. The van der Waals surface area contributed by atoms with E-state index in [1.54, 1.807) is 9.80 Å². The van der Waals surface area contributed by atoms with E-state index in [0.717, 1.165) is 11.1 Å². The zero-order valence-corrected chi connectivity index (χ0v) is 24.1. The Bertz CT molecular complexity index is 1130. The molecule has 2 aliphatic rings. The van der Waals surface area contributed by atoms with Crippen LogP contribution in [0.15, 0.2) is 60.7 Å². The summed E-state index contributed by atoms with van der Waals surface area (Å²) in [6, 6.07) is 19.4. The molecule has 0 bridgehead atoms. The van der Waals surface area contributed by atoms with E-state index in [1.165, 1.54) is 13.8 Å². The third-order valence-electron chi connectivity index (χ3n) is 7.57. The smallest absolute Gasteiger partial charge is 0.410 e. The fraction of sp³-hybridized carbons (Fsp3) is 0.516. The first kappa shape index (κ1) is 29.6. The van der Waals surface area contributed by atoms with Gasteiger partial charge in [0.2, 0.25) is 11.8 Å². The highest BCUT2D eigenvalue weighted by molar-refractivity contribution is 5.87. The Kier molecular flexibility index (Phi) is 9.15. The Balaban J connectivity index is 1.68. The second-order valence-electron chi connectivity index (χ2n) is 11.8. The second kappa shape index (κ2) is 12.4. The van der Waals surface area contributed by atoms with Gasteiger partial charge in [0.25, 0.3) is 0 Å². The Morgan fingerprint density at radius 1 is 0.900 bits per heavy atom. The predicted molar refractivity (Wildman–Crippen MR) is 153 cm³/mol. The van der Waals surface area contributed by atoms with Crippen molar-refractivity contribution in [3.05, 3.63) is 71.8 Å². The summed E-state index contributed by atoms with van der Waals surface area (Å²) in [5, 5.41) is 12.8. The maximum Gasteiger partial charge on any atom is 0.410 e. The molecular weight excluding hydrogens is 508 g/mol. The second-order valence-corrected chi connectivity index (χ2v) is 11.8. The van der Waals surface area contributed by atoms with Gasteiger partial charge in [-0.05, 0) is 38.8 Å². The van der Waals surface area contributed by atoms with Gasteiger partial charge in [-0.1, -0.05) is 60.7 Å². The molecule has 2 N–H and O–H groups in total. The minimum atomic E-state index is -1.03. The lowest BCUT2D eigenvalue weighted by atomic mass is 9.81. The number of ether oxygens (including phenoxy) is 1. The summed E-state index contributed by atoms with van der Waals surface area (Å²) >= 11 is 0. The number of benzene rings is 2. The van der Waals surface area contributed by atoms with E-state index in [4.69, 9.17) is 4.74 Å². The fourth-order valence-electron chi connectivity index (χ4n) is 5.86. The van der Waals surface area contributed by atoms with Gasteiger partial charge in [-0.25, -0.2) is 4.79 Å². The lowest BCUT2D eigenvalue weighted by molar-refractivity contribution is -0.143. The van der Waals surface area contributed by atoms with Gasteiger partial charge in [-0.3, -0.25) is 14.5 Å². The first-order valence-corrected chi connectivity index (χ1v) is 14.0. The standard InChI is InChI=1S/C31H42N4O5/c1-21(36)28(32-22(2)37)29(38)33-16-17-35-25(18-33)19-34(30(39)40-31(3,4)5)20-26(35)27(23-12-8-6-9-13-23)24-14-10-7-11-15-24/h6-15,21,25-28,36H,16-20H2,1-5H3,(H,32,37)/t21?,25-,26-,28?/m0/s1. The maximum atomic E-state index is 13.4. The number of nitrogens with zero attached hydrogens (tertiary/aromatic N) is 3. The minimum absolute atomic E-state index is 0.0121. The van der Waals surface area contributed by atoms with Crippen molar-refractivity contribution < 1.29 is 24.2 Å². The van der Waals surface area contributed by atoms with Crippen molar-refractivity contribution in [2.75, 3.05) is 32.7 Å². The van der Waals surface area contributed by atoms with Gasteiger partial charge in [0.15, 0.2) is 0 Å². The third-order valence-corrected chi connectivity index (χ3v) is 7.57. The fourth-order valence-corrected chi connectivity index (χ4v) is 5.86. The molecule has 2 saturated heterocycles. The number of amides is 3. The summed E-state index contributed by atoms with van der Waals surface area (Å²) in [7, 11) is 0. The van der Waals surface area contributed by atoms with Crippen molar-refractivity contribution in [2.24, 2.45) is 0 Å². The van der Waals surface area contributed by atoms with E-state index in [9.17, 15) is 19.5 Å². The van der Waals surface area contributed by atoms with E-state index < -0.39 is 17.7 Å². The molecule has 4 atom stereocenters. The quantitative estimate of drug-likeness (QED) is 0.574. The summed E-state index contributed by atoms with van der Waals surface area (Å²) in [6.45, 7) is 10.7. The Labute approximate surface area is 237 Å². The molecule has 0 aromatic heterocycles. The minimum Gasteiger partial charge on any atom is -0.444 e. The van der Waals surface area contributed by atoms with Crippen molar-refractivity contribution in [1.29, 1.82) is 0 Å². The van der Waals surface area contributed by atoms with Crippen molar-refractivity contribution in [3.8, 4) is 0 Å². The van der Waals surface area contributed by atoms with Gasteiger partial charge in [-0.2, -0.15) is 0 Å². The number of piperazine rings is 2. The van der Waals surface area contributed by atoms with Crippen LogP contribution in [0.25, 0.3) is 0 Å². The summed E-state index contributed by atoms with van der Waals surface area (Å²) in [5.41, 5.74) is 1.67. The van der Waals surface area contributed by atoms with Gasteiger partial charge in [0.1, 0.15) is 11.6 Å². The third kappa shape index (κ3) is 7.01. The van der Waals surface area contributed by atoms with Crippen LogP contribution in [-0.2, 0) is 14.3 Å². The molecule has 9 heteroatoms. The monoisotopic (exact) mass is 550 g/mol. The van der Waals surface area contributed by atoms with Gasteiger partial charge in [0, 0.05) is 57.6 Å². The number of carbonyl (C=O) groups excluding carboxylic acids is 3. The number of hydrogen-bond acceptors (Lipinski definition) is 6. The van der Waals surface area contributed by atoms with Crippen molar-refractivity contribution >= 4 is 17.9 Å². The molecule has 3 amide bonds. The molecule has 2 heterocycles. The normalized spacial score (nSPS) is 21.4. The summed E-state index contributed by atoms with van der Waals surface area (Å²) in [5.74, 6) is -0.708. The number of nitrogens with one attached hydrogen (secondary N) is 1. The number of hydrogen-bond donors (Lipinski definition) is 2. The number of fused-ring (bicyclic) bond motifs is 1. The number of aliphatic hydroxyl groups is 1. The molecular formula is C31H42N4O5. The molecule has 0 spiro atoms. The predicted octanol–water partition coefficient (Wildman–Crippen LogP) is 2.84. The number of carbonyl (C=O) groups is 3. The highest BCUT2D eigenvalue weighted by atomic mass is 16.6. The number of rotatable bonds is 6. The first-order chi connectivity index (χ1) is 18.9. The molecule has 40 heavy (non-hydrogen) atoms. The molecule has 2 aromatic rings. The molecule has 0 saturated carbocycles. The summed E-state index contributed by atoms with van der Waals surface area (Å²) < 4.78 is 5.79. The van der Waals surface area contributed by atoms with Crippen LogP contribution in [0.5, 0.6) is 0 Å². The van der Waals surface area contributed by atoms with Gasteiger partial charge >= 0.3 is 6.09 Å². The van der Waals surface area contributed by atoms with Crippen LogP contribution in [0.3, 0.4) is 0 Å². The molecule has 216 valence electrons. The summed E-state index contributed by atoms with van der Waals surface area (Å²) in [6.07, 6.45) is -1.41. The van der Waals surface area contributed by atoms with E-state index in [1.807, 2.05) is 57.2 Å². The Morgan fingerprint density at radius 2 is 1.45 bits per heavy atom. The van der Waals surface area contributed by atoms with Crippen LogP contribution >= 0.6 is 0 Å². The maximum absolute atomic E-state index is 13.4. The average Bonchev–Trinajstić information content (AvgIpc) is 2.91. The largest absolute Gasteiger partial charge is 0.444 e.